The van der Waals surface area contributed by atoms with Gasteiger partial charge in [-0.2, -0.15) is 0 Å². The van der Waals surface area contributed by atoms with Crippen LogP contribution in [0.3, 0.4) is 0 Å². The fraction of sp³-hybridized carbons (Fsp3) is 0.500. The minimum absolute atomic E-state index is 0.0270. The van der Waals surface area contributed by atoms with Crippen molar-refractivity contribution in [3.05, 3.63) is 29.8 Å². The van der Waals surface area contributed by atoms with E-state index in [0.29, 0.717) is 18.1 Å². The highest BCUT2D eigenvalue weighted by molar-refractivity contribution is 8.00. The van der Waals surface area contributed by atoms with Gasteiger partial charge >= 0.3 is 5.97 Å². The molecule has 0 aliphatic heterocycles. The zero-order valence-corrected chi connectivity index (χ0v) is 14.9. The van der Waals surface area contributed by atoms with E-state index >= 15 is 0 Å². The van der Waals surface area contributed by atoms with Crippen LogP contribution in [-0.2, 0) is 15.0 Å². The van der Waals surface area contributed by atoms with Crippen molar-refractivity contribution in [2.24, 2.45) is 0 Å². The third kappa shape index (κ3) is 7.75. The molecule has 1 rings (SSSR count). The number of carbonyl (C=O) groups excluding carboxylic acids is 1. The lowest BCUT2D eigenvalue weighted by molar-refractivity contribution is -0.133. The molecule has 1 amide bonds. The summed E-state index contributed by atoms with van der Waals surface area (Å²) in [6.07, 6.45) is 0. The molecular formula is C16H23NO3S2. The molecule has 0 unspecified atom stereocenters. The Bertz CT molecular complexity index is 495. The van der Waals surface area contributed by atoms with Crippen LogP contribution in [0.25, 0.3) is 0 Å². The first-order chi connectivity index (χ1) is 10.3. The molecule has 0 aliphatic rings. The van der Waals surface area contributed by atoms with E-state index in [1.807, 2.05) is 12.1 Å². The Morgan fingerprint density at radius 1 is 1.14 bits per heavy atom. The van der Waals surface area contributed by atoms with Crippen LogP contribution >= 0.6 is 23.5 Å². The van der Waals surface area contributed by atoms with Gasteiger partial charge in [0, 0.05) is 17.2 Å². The first-order valence-electron chi connectivity index (χ1n) is 7.08. The molecule has 0 bridgehead atoms. The van der Waals surface area contributed by atoms with E-state index in [-0.39, 0.29) is 17.1 Å². The Kier molecular flexibility index (Phi) is 7.82. The van der Waals surface area contributed by atoms with Crippen LogP contribution in [0.1, 0.15) is 26.3 Å². The number of amides is 1. The average Bonchev–Trinajstić information content (AvgIpc) is 2.44. The van der Waals surface area contributed by atoms with Gasteiger partial charge < -0.3 is 10.4 Å². The van der Waals surface area contributed by atoms with Gasteiger partial charge in [-0.3, -0.25) is 9.59 Å². The number of carbonyl (C=O) groups is 2. The third-order valence-electron chi connectivity index (χ3n) is 2.88. The Morgan fingerprint density at radius 2 is 1.77 bits per heavy atom. The SMILES string of the molecule is CC(C)(C)c1ccc(SCC(=O)NCCSCC(=O)O)cc1. The monoisotopic (exact) mass is 341 g/mol. The predicted octanol–water partition coefficient (Wildman–Crippen LogP) is 3.01. The normalized spacial score (nSPS) is 11.2. The van der Waals surface area contributed by atoms with Gasteiger partial charge in [-0.15, -0.1) is 23.5 Å². The van der Waals surface area contributed by atoms with Crippen molar-refractivity contribution in [1.29, 1.82) is 0 Å². The number of carboxylic acid groups (broad SMARTS) is 1. The number of aliphatic carboxylic acids is 1. The number of thioether (sulfide) groups is 2. The minimum atomic E-state index is -0.828. The predicted molar refractivity (Wildman–Crippen MR) is 93.8 cm³/mol. The summed E-state index contributed by atoms with van der Waals surface area (Å²) < 4.78 is 0. The lowest BCUT2D eigenvalue weighted by atomic mass is 9.87. The molecule has 122 valence electrons. The molecule has 4 nitrogen and oxygen atoms in total. The van der Waals surface area contributed by atoms with E-state index in [0.717, 1.165) is 4.90 Å². The molecule has 0 saturated carbocycles. The van der Waals surface area contributed by atoms with Gasteiger partial charge in [-0.1, -0.05) is 32.9 Å². The van der Waals surface area contributed by atoms with Crippen molar-refractivity contribution in [3.8, 4) is 0 Å². The maximum absolute atomic E-state index is 11.7. The fourth-order valence-corrected chi connectivity index (χ4v) is 2.97. The van der Waals surface area contributed by atoms with Gasteiger partial charge in [-0.05, 0) is 23.1 Å². The molecule has 0 saturated heterocycles. The zero-order chi connectivity index (χ0) is 16.6. The number of benzene rings is 1. The molecule has 1 aromatic rings. The number of carboxylic acids is 1. The smallest absolute Gasteiger partial charge is 0.313 e. The van der Waals surface area contributed by atoms with Crippen LogP contribution in [0.5, 0.6) is 0 Å². The molecule has 0 fully saturated rings. The molecule has 0 spiro atoms. The summed E-state index contributed by atoms with van der Waals surface area (Å²) in [6.45, 7) is 7.02. The summed E-state index contributed by atoms with van der Waals surface area (Å²) in [5, 5.41) is 11.3. The maximum Gasteiger partial charge on any atom is 0.313 e. The highest BCUT2D eigenvalue weighted by atomic mass is 32.2. The molecule has 0 atom stereocenters. The zero-order valence-electron chi connectivity index (χ0n) is 13.2. The van der Waals surface area contributed by atoms with Gasteiger partial charge in [0.25, 0.3) is 0 Å². The summed E-state index contributed by atoms with van der Waals surface area (Å²) in [5.74, 6) is 0.207. The highest BCUT2D eigenvalue weighted by Crippen LogP contribution is 2.25. The molecule has 2 N–H and O–H groups in total. The van der Waals surface area contributed by atoms with E-state index < -0.39 is 5.97 Å². The van der Waals surface area contributed by atoms with E-state index in [4.69, 9.17) is 5.11 Å². The van der Waals surface area contributed by atoms with Crippen molar-refractivity contribution < 1.29 is 14.7 Å². The summed E-state index contributed by atoms with van der Waals surface area (Å²) in [6, 6.07) is 8.29. The second-order valence-corrected chi connectivity index (χ2v) is 8.01. The van der Waals surface area contributed by atoms with Crippen molar-refractivity contribution in [1.82, 2.24) is 5.32 Å². The van der Waals surface area contributed by atoms with Gasteiger partial charge in [0.2, 0.25) is 5.91 Å². The van der Waals surface area contributed by atoms with Crippen LogP contribution in [0.2, 0.25) is 0 Å². The van der Waals surface area contributed by atoms with Crippen LogP contribution in [0.4, 0.5) is 0 Å². The lowest BCUT2D eigenvalue weighted by Crippen LogP contribution is -2.27. The van der Waals surface area contributed by atoms with E-state index in [2.05, 4.69) is 38.2 Å². The Morgan fingerprint density at radius 3 is 2.32 bits per heavy atom. The number of nitrogens with one attached hydrogen (secondary N) is 1. The fourth-order valence-electron chi connectivity index (χ4n) is 1.67. The van der Waals surface area contributed by atoms with Crippen LogP contribution in [-0.4, -0.2) is 40.8 Å². The maximum atomic E-state index is 11.7. The molecule has 6 heteroatoms. The third-order valence-corrected chi connectivity index (χ3v) is 4.84. The first-order valence-corrected chi connectivity index (χ1v) is 9.22. The Labute approximate surface area is 140 Å². The Balaban J connectivity index is 2.25. The molecule has 0 aromatic heterocycles. The number of rotatable bonds is 8. The van der Waals surface area contributed by atoms with Gasteiger partial charge in [0.1, 0.15) is 0 Å². The molecule has 22 heavy (non-hydrogen) atoms. The van der Waals surface area contributed by atoms with E-state index in [1.165, 1.54) is 29.1 Å². The second-order valence-electron chi connectivity index (χ2n) is 5.86. The molecule has 1 aromatic carbocycles. The lowest BCUT2D eigenvalue weighted by Gasteiger charge is -2.19. The standard InChI is InChI=1S/C16H23NO3S2/c1-16(2,3)12-4-6-13(7-5-12)22-10-14(18)17-8-9-21-11-15(19)20/h4-7H,8-11H2,1-3H3,(H,17,18)(H,19,20). The molecule has 0 aliphatic carbocycles. The summed E-state index contributed by atoms with van der Waals surface area (Å²) in [7, 11) is 0. The molecular weight excluding hydrogens is 318 g/mol. The van der Waals surface area contributed by atoms with Crippen molar-refractivity contribution in [3.63, 3.8) is 0 Å². The number of hydrogen-bond acceptors (Lipinski definition) is 4. The average molecular weight is 341 g/mol. The molecule has 0 radical (unpaired) electrons. The van der Waals surface area contributed by atoms with Gasteiger partial charge in [0.05, 0.1) is 11.5 Å². The Hall–Kier alpha value is -1.14. The minimum Gasteiger partial charge on any atom is -0.481 e. The van der Waals surface area contributed by atoms with Crippen LogP contribution in [0, 0.1) is 0 Å². The molecule has 0 heterocycles. The van der Waals surface area contributed by atoms with Crippen molar-refractivity contribution in [2.75, 3.05) is 23.8 Å². The summed E-state index contributed by atoms with van der Waals surface area (Å²) in [5.41, 5.74) is 1.41. The van der Waals surface area contributed by atoms with Crippen molar-refractivity contribution in [2.45, 2.75) is 31.1 Å². The second kappa shape index (κ2) is 9.10. The summed E-state index contributed by atoms with van der Waals surface area (Å²) >= 11 is 2.80. The van der Waals surface area contributed by atoms with Gasteiger partial charge in [0.15, 0.2) is 0 Å². The van der Waals surface area contributed by atoms with E-state index in [1.54, 1.807) is 0 Å². The highest BCUT2D eigenvalue weighted by Gasteiger charge is 2.13. The topological polar surface area (TPSA) is 66.4 Å². The van der Waals surface area contributed by atoms with Crippen LogP contribution in [0.15, 0.2) is 29.2 Å². The van der Waals surface area contributed by atoms with Crippen molar-refractivity contribution >= 4 is 35.4 Å². The van der Waals surface area contributed by atoms with Crippen LogP contribution < -0.4 is 5.32 Å². The van der Waals surface area contributed by atoms with E-state index in [9.17, 15) is 9.59 Å². The quantitative estimate of drug-likeness (QED) is 0.562. The number of hydrogen-bond donors (Lipinski definition) is 2. The van der Waals surface area contributed by atoms with Gasteiger partial charge in [-0.25, -0.2) is 0 Å². The largest absolute Gasteiger partial charge is 0.481 e. The first kappa shape index (κ1) is 18.9. The summed E-state index contributed by atoms with van der Waals surface area (Å²) in [4.78, 5) is 23.1.